The molecule has 1 atom stereocenters. The second kappa shape index (κ2) is 5.01. The van der Waals surface area contributed by atoms with Crippen LogP contribution in [0.1, 0.15) is 24.3 Å². The van der Waals surface area contributed by atoms with Gasteiger partial charge < -0.3 is 14.8 Å². The molecule has 2 aromatic rings. The Hall–Kier alpha value is -1.81. The van der Waals surface area contributed by atoms with Crippen LogP contribution < -0.4 is 5.32 Å². The van der Waals surface area contributed by atoms with Gasteiger partial charge in [0, 0.05) is 17.7 Å². The molecule has 4 heteroatoms. The first-order chi connectivity index (χ1) is 8.16. The third-order valence-electron chi connectivity index (χ3n) is 2.62. The van der Waals surface area contributed by atoms with Crippen molar-refractivity contribution in [3.63, 3.8) is 0 Å². The summed E-state index contributed by atoms with van der Waals surface area (Å²) in [5.41, 5.74) is 0.665. The van der Waals surface area contributed by atoms with Crippen molar-refractivity contribution >= 4 is 0 Å². The lowest BCUT2D eigenvalue weighted by Crippen LogP contribution is -2.17. The summed E-state index contributed by atoms with van der Waals surface area (Å²) in [6.07, 6.45) is 1.61. The smallest absolute Gasteiger partial charge is 0.126 e. The summed E-state index contributed by atoms with van der Waals surface area (Å²) in [5.74, 6) is 0.340. The second-order valence-corrected chi connectivity index (χ2v) is 3.89. The normalized spacial score (nSPS) is 12.6. The summed E-state index contributed by atoms with van der Waals surface area (Å²) < 4.78 is 18.0. The number of rotatable bonds is 4. The van der Waals surface area contributed by atoms with Crippen LogP contribution in [0.3, 0.4) is 0 Å². The molecule has 0 aliphatic rings. The van der Waals surface area contributed by atoms with Crippen LogP contribution in [-0.4, -0.2) is 5.11 Å². The standard InChI is InChI=1S/C13H14FNO2/c1-9(15-8-11-3-2-6-17-11)12-5-4-10(14)7-13(12)16/h2-7,9,15-16H,8H2,1H3. The quantitative estimate of drug-likeness (QED) is 0.856. The molecule has 0 spiro atoms. The maximum Gasteiger partial charge on any atom is 0.126 e. The van der Waals surface area contributed by atoms with Gasteiger partial charge in [-0.3, -0.25) is 0 Å². The van der Waals surface area contributed by atoms with Gasteiger partial charge >= 0.3 is 0 Å². The summed E-state index contributed by atoms with van der Waals surface area (Å²) in [5, 5.41) is 12.8. The van der Waals surface area contributed by atoms with E-state index in [2.05, 4.69) is 5.32 Å². The average Bonchev–Trinajstić information content (AvgIpc) is 2.78. The molecule has 0 aliphatic carbocycles. The SMILES string of the molecule is CC(NCc1ccco1)c1ccc(F)cc1O. The summed E-state index contributed by atoms with van der Waals surface area (Å²) in [6, 6.07) is 7.62. The Bertz CT molecular complexity index is 482. The van der Waals surface area contributed by atoms with Crippen LogP contribution in [0.4, 0.5) is 4.39 Å². The molecule has 1 aromatic heterocycles. The minimum absolute atomic E-state index is 0.0376. The van der Waals surface area contributed by atoms with Crippen molar-refractivity contribution < 1.29 is 13.9 Å². The fraction of sp³-hybridized carbons (Fsp3) is 0.231. The van der Waals surface area contributed by atoms with Crippen molar-refractivity contribution in [2.45, 2.75) is 19.5 Å². The van der Waals surface area contributed by atoms with E-state index in [1.807, 2.05) is 19.1 Å². The molecule has 1 unspecified atom stereocenters. The third-order valence-corrected chi connectivity index (χ3v) is 2.62. The van der Waals surface area contributed by atoms with Gasteiger partial charge in [-0.15, -0.1) is 0 Å². The highest BCUT2D eigenvalue weighted by atomic mass is 19.1. The van der Waals surface area contributed by atoms with Crippen LogP contribution in [0.5, 0.6) is 5.75 Å². The minimum Gasteiger partial charge on any atom is -0.508 e. The third kappa shape index (κ3) is 2.85. The fourth-order valence-corrected chi connectivity index (χ4v) is 1.66. The lowest BCUT2D eigenvalue weighted by molar-refractivity contribution is 0.432. The first-order valence-electron chi connectivity index (χ1n) is 5.41. The van der Waals surface area contributed by atoms with Crippen molar-refractivity contribution in [3.05, 3.63) is 53.7 Å². The predicted octanol–water partition coefficient (Wildman–Crippen LogP) is 2.98. The second-order valence-electron chi connectivity index (χ2n) is 3.89. The summed E-state index contributed by atoms with van der Waals surface area (Å²) in [4.78, 5) is 0. The number of phenolic OH excluding ortho intramolecular Hbond substituents is 1. The van der Waals surface area contributed by atoms with Crippen molar-refractivity contribution in [2.75, 3.05) is 0 Å². The Balaban J connectivity index is 2.01. The fourth-order valence-electron chi connectivity index (χ4n) is 1.66. The van der Waals surface area contributed by atoms with Crippen LogP contribution in [0, 0.1) is 5.82 Å². The Morgan fingerprint density at radius 1 is 1.41 bits per heavy atom. The van der Waals surface area contributed by atoms with E-state index < -0.39 is 5.82 Å². The van der Waals surface area contributed by atoms with Gasteiger partial charge in [0.05, 0.1) is 12.8 Å². The molecule has 1 aromatic carbocycles. The molecule has 2 N–H and O–H groups in total. The van der Waals surface area contributed by atoms with E-state index in [-0.39, 0.29) is 11.8 Å². The molecule has 17 heavy (non-hydrogen) atoms. The zero-order valence-corrected chi connectivity index (χ0v) is 9.48. The molecule has 0 radical (unpaired) electrons. The number of nitrogens with one attached hydrogen (secondary N) is 1. The maximum absolute atomic E-state index is 12.8. The summed E-state index contributed by atoms with van der Waals surface area (Å²) in [7, 11) is 0. The number of benzene rings is 1. The molecule has 0 saturated carbocycles. The highest BCUT2D eigenvalue weighted by Gasteiger charge is 2.10. The molecular formula is C13H14FNO2. The highest BCUT2D eigenvalue weighted by molar-refractivity contribution is 5.34. The topological polar surface area (TPSA) is 45.4 Å². The van der Waals surface area contributed by atoms with E-state index in [0.29, 0.717) is 12.1 Å². The van der Waals surface area contributed by atoms with Crippen LogP contribution >= 0.6 is 0 Å². The number of aromatic hydroxyl groups is 1. The van der Waals surface area contributed by atoms with Crippen molar-refractivity contribution in [1.82, 2.24) is 5.32 Å². The van der Waals surface area contributed by atoms with Gasteiger partial charge in [-0.25, -0.2) is 4.39 Å². The number of hydrogen-bond acceptors (Lipinski definition) is 3. The van der Waals surface area contributed by atoms with Crippen LogP contribution in [0.2, 0.25) is 0 Å². The summed E-state index contributed by atoms with van der Waals surface area (Å²) in [6.45, 7) is 2.46. The van der Waals surface area contributed by atoms with Gasteiger partial charge in [-0.05, 0) is 25.1 Å². The van der Waals surface area contributed by atoms with Gasteiger partial charge in [0.15, 0.2) is 0 Å². The van der Waals surface area contributed by atoms with E-state index >= 15 is 0 Å². The van der Waals surface area contributed by atoms with Crippen LogP contribution in [0.15, 0.2) is 41.0 Å². The van der Waals surface area contributed by atoms with Crippen LogP contribution in [0.25, 0.3) is 0 Å². The number of hydrogen-bond donors (Lipinski definition) is 2. The van der Waals surface area contributed by atoms with Gasteiger partial charge in [0.1, 0.15) is 17.3 Å². The van der Waals surface area contributed by atoms with E-state index in [4.69, 9.17) is 4.42 Å². The van der Waals surface area contributed by atoms with Gasteiger partial charge in [0.2, 0.25) is 0 Å². The lowest BCUT2D eigenvalue weighted by Gasteiger charge is -2.14. The largest absolute Gasteiger partial charge is 0.508 e. The first-order valence-corrected chi connectivity index (χ1v) is 5.41. The van der Waals surface area contributed by atoms with E-state index in [9.17, 15) is 9.50 Å². The zero-order valence-electron chi connectivity index (χ0n) is 9.48. The molecule has 0 fully saturated rings. The van der Waals surface area contributed by atoms with Crippen molar-refractivity contribution in [2.24, 2.45) is 0 Å². The number of halogens is 1. The van der Waals surface area contributed by atoms with E-state index in [1.54, 1.807) is 12.3 Å². The van der Waals surface area contributed by atoms with Crippen molar-refractivity contribution in [1.29, 1.82) is 0 Å². The molecule has 3 nitrogen and oxygen atoms in total. The molecule has 0 amide bonds. The molecule has 0 saturated heterocycles. The van der Waals surface area contributed by atoms with E-state index in [1.165, 1.54) is 6.07 Å². The predicted molar refractivity (Wildman–Crippen MR) is 62.0 cm³/mol. The Morgan fingerprint density at radius 2 is 2.24 bits per heavy atom. The Labute approximate surface area is 98.9 Å². The molecule has 2 rings (SSSR count). The average molecular weight is 235 g/mol. The molecule has 1 heterocycles. The minimum atomic E-state index is -0.440. The van der Waals surface area contributed by atoms with Crippen LogP contribution in [-0.2, 0) is 6.54 Å². The highest BCUT2D eigenvalue weighted by Crippen LogP contribution is 2.24. The number of furan rings is 1. The maximum atomic E-state index is 12.8. The molecule has 0 aliphatic heterocycles. The van der Waals surface area contributed by atoms with Gasteiger partial charge in [0.25, 0.3) is 0 Å². The van der Waals surface area contributed by atoms with Gasteiger partial charge in [-0.2, -0.15) is 0 Å². The summed E-state index contributed by atoms with van der Waals surface area (Å²) >= 11 is 0. The Kier molecular flexibility index (Phi) is 3.44. The van der Waals surface area contributed by atoms with Crippen molar-refractivity contribution in [3.8, 4) is 5.75 Å². The molecule has 90 valence electrons. The Morgan fingerprint density at radius 3 is 2.88 bits per heavy atom. The lowest BCUT2D eigenvalue weighted by atomic mass is 10.1. The molecule has 0 bridgehead atoms. The zero-order chi connectivity index (χ0) is 12.3. The number of phenols is 1. The monoisotopic (exact) mass is 235 g/mol. The van der Waals surface area contributed by atoms with E-state index in [0.717, 1.165) is 11.8 Å². The van der Waals surface area contributed by atoms with Gasteiger partial charge in [-0.1, -0.05) is 6.07 Å². The first kappa shape index (κ1) is 11.7. The molecular weight excluding hydrogens is 221 g/mol.